The zero-order valence-electron chi connectivity index (χ0n) is 15.6. The average molecular weight is 375 g/mol. The van der Waals surface area contributed by atoms with Crippen molar-refractivity contribution in [1.29, 1.82) is 5.26 Å². The van der Waals surface area contributed by atoms with Gasteiger partial charge in [0.1, 0.15) is 17.9 Å². The number of anilines is 1. The van der Waals surface area contributed by atoms with Gasteiger partial charge in [0.25, 0.3) is 0 Å². The average Bonchev–Trinajstić information content (AvgIpc) is 3.04. The summed E-state index contributed by atoms with van der Waals surface area (Å²) in [6.45, 7) is 4.33. The minimum atomic E-state index is -0.850. The number of nitrogens with one attached hydrogen (secondary N) is 1. The number of aliphatic carboxylic acids is 1. The third-order valence-corrected chi connectivity index (χ3v) is 5.34. The number of rotatable bonds is 4. The molecule has 7 nitrogen and oxygen atoms in total. The number of aromatic nitrogens is 2. The van der Waals surface area contributed by atoms with Crippen molar-refractivity contribution < 1.29 is 9.90 Å². The molecule has 1 aliphatic heterocycles. The largest absolute Gasteiger partial charge is 0.480 e. The van der Waals surface area contributed by atoms with Crippen molar-refractivity contribution in [2.45, 2.75) is 13.0 Å². The van der Waals surface area contributed by atoms with E-state index in [9.17, 15) is 15.2 Å². The van der Waals surface area contributed by atoms with Gasteiger partial charge in [-0.25, -0.2) is 4.98 Å². The second-order valence-corrected chi connectivity index (χ2v) is 6.96. The van der Waals surface area contributed by atoms with Gasteiger partial charge in [-0.3, -0.25) is 9.69 Å². The van der Waals surface area contributed by atoms with Crippen molar-refractivity contribution >= 4 is 22.7 Å². The normalized spacial score (nSPS) is 16.1. The van der Waals surface area contributed by atoms with Crippen LogP contribution in [-0.4, -0.2) is 52.1 Å². The fraction of sp³-hybridized carbons (Fsp3) is 0.286. The van der Waals surface area contributed by atoms with Crippen molar-refractivity contribution in [2.75, 3.05) is 31.1 Å². The van der Waals surface area contributed by atoms with E-state index >= 15 is 0 Å². The maximum absolute atomic E-state index is 12.2. The molecule has 0 unspecified atom stereocenters. The molecule has 2 N–H and O–H groups in total. The van der Waals surface area contributed by atoms with E-state index in [1.165, 1.54) is 0 Å². The summed E-state index contributed by atoms with van der Waals surface area (Å²) in [7, 11) is 0. The first-order valence-corrected chi connectivity index (χ1v) is 9.24. The van der Waals surface area contributed by atoms with Crippen LogP contribution in [0.4, 0.5) is 5.82 Å². The standard InChI is InChI=1S/C21H21N5O2/c1-14-18(16-6-2-3-7-17(16)24-14)19(21(27)28)25-9-11-26(12-10-25)20-15(13-22)5-4-8-23-20/h2-8,19,24H,9-12H2,1H3,(H,27,28)/t19-/m0/s1. The van der Waals surface area contributed by atoms with Crippen molar-refractivity contribution in [3.63, 3.8) is 0 Å². The van der Waals surface area contributed by atoms with Crippen LogP contribution in [0.25, 0.3) is 10.9 Å². The Labute approximate surface area is 162 Å². The van der Waals surface area contributed by atoms with Crippen molar-refractivity contribution in [3.05, 3.63) is 59.4 Å². The van der Waals surface area contributed by atoms with Gasteiger partial charge in [-0.05, 0) is 25.1 Å². The molecule has 0 bridgehead atoms. The van der Waals surface area contributed by atoms with E-state index in [1.54, 1.807) is 18.3 Å². The third kappa shape index (κ3) is 3.08. The number of benzene rings is 1. The lowest BCUT2D eigenvalue weighted by Crippen LogP contribution is -2.49. The lowest BCUT2D eigenvalue weighted by molar-refractivity contribution is -0.143. The molecule has 3 heterocycles. The molecule has 0 radical (unpaired) electrons. The zero-order valence-corrected chi connectivity index (χ0v) is 15.6. The highest BCUT2D eigenvalue weighted by Gasteiger charge is 2.33. The van der Waals surface area contributed by atoms with E-state index in [-0.39, 0.29) is 0 Å². The van der Waals surface area contributed by atoms with Crippen LogP contribution < -0.4 is 4.90 Å². The maximum atomic E-state index is 12.2. The lowest BCUT2D eigenvalue weighted by Gasteiger charge is -2.38. The van der Waals surface area contributed by atoms with Gasteiger partial charge in [-0.1, -0.05) is 18.2 Å². The van der Waals surface area contributed by atoms with E-state index in [4.69, 9.17) is 0 Å². The highest BCUT2D eigenvalue weighted by Crippen LogP contribution is 2.33. The van der Waals surface area contributed by atoms with Crippen LogP contribution in [0.5, 0.6) is 0 Å². The van der Waals surface area contributed by atoms with Crippen LogP contribution in [0.15, 0.2) is 42.6 Å². The minimum Gasteiger partial charge on any atom is -0.480 e. The van der Waals surface area contributed by atoms with Crippen LogP contribution in [0.2, 0.25) is 0 Å². The Kier molecular flexibility index (Phi) is 4.72. The summed E-state index contributed by atoms with van der Waals surface area (Å²) < 4.78 is 0. The fourth-order valence-electron chi connectivity index (χ4n) is 4.04. The summed E-state index contributed by atoms with van der Waals surface area (Å²) in [4.78, 5) is 23.9. The van der Waals surface area contributed by atoms with Gasteiger partial charge >= 0.3 is 5.97 Å². The molecular formula is C21H21N5O2. The number of hydrogen-bond donors (Lipinski definition) is 2. The van der Waals surface area contributed by atoms with Gasteiger partial charge in [0.05, 0.1) is 5.56 Å². The number of aromatic amines is 1. The molecule has 1 atom stereocenters. The number of hydrogen-bond acceptors (Lipinski definition) is 5. The molecule has 1 saturated heterocycles. The second-order valence-electron chi connectivity index (χ2n) is 6.96. The second kappa shape index (κ2) is 7.33. The summed E-state index contributed by atoms with van der Waals surface area (Å²) in [5, 5.41) is 20.3. The Morgan fingerprint density at radius 1 is 1.21 bits per heavy atom. The molecule has 0 saturated carbocycles. The number of nitriles is 1. The minimum absolute atomic E-state index is 0.540. The van der Waals surface area contributed by atoms with Crippen molar-refractivity contribution in [1.82, 2.24) is 14.9 Å². The smallest absolute Gasteiger partial charge is 0.325 e. The van der Waals surface area contributed by atoms with Gasteiger partial charge in [-0.15, -0.1) is 0 Å². The van der Waals surface area contributed by atoms with E-state index in [2.05, 4.69) is 20.9 Å². The molecule has 28 heavy (non-hydrogen) atoms. The Morgan fingerprint density at radius 2 is 1.96 bits per heavy atom. The van der Waals surface area contributed by atoms with Gasteiger partial charge in [0.15, 0.2) is 0 Å². The molecule has 0 amide bonds. The molecule has 1 aromatic carbocycles. The summed E-state index contributed by atoms with van der Waals surface area (Å²) in [6.07, 6.45) is 1.68. The van der Waals surface area contributed by atoms with Crippen molar-refractivity contribution in [3.8, 4) is 6.07 Å². The summed E-state index contributed by atoms with van der Waals surface area (Å²) in [5.41, 5.74) is 3.20. The molecule has 3 aromatic rings. The Balaban J connectivity index is 1.61. The van der Waals surface area contributed by atoms with Crippen LogP contribution in [0.1, 0.15) is 22.9 Å². The number of para-hydroxylation sites is 1. The van der Waals surface area contributed by atoms with E-state index < -0.39 is 12.0 Å². The Bertz CT molecular complexity index is 1060. The van der Waals surface area contributed by atoms with Gasteiger partial charge in [0, 0.05) is 54.5 Å². The monoisotopic (exact) mass is 375 g/mol. The van der Waals surface area contributed by atoms with Crippen LogP contribution >= 0.6 is 0 Å². The number of aryl methyl sites for hydroxylation is 1. The highest BCUT2D eigenvalue weighted by molar-refractivity contribution is 5.90. The summed E-state index contributed by atoms with van der Waals surface area (Å²) >= 11 is 0. The lowest BCUT2D eigenvalue weighted by atomic mass is 10.0. The Morgan fingerprint density at radius 3 is 2.68 bits per heavy atom. The van der Waals surface area contributed by atoms with Crippen LogP contribution in [0, 0.1) is 18.3 Å². The first-order valence-electron chi connectivity index (χ1n) is 9.24. The summed E-state index contributed by atoms with van der Waals surface area (Å²) in [5.74, 6) is -0.184. The number of pyridine rings is 1. The summed E-state index contributed by atoms with van der Waals surface area (Å²) in [6, 6.07) is 12.8. The van der Waals surface area contributed by atoms with E-state index in [0.29, 0.717) is 37.6 Å². The van der Waals surface area contributed by atoms with Gasteiger partial charge in [0.2, 0.25) is 0 Å². The van der Waals surface area contributed by atoms with Crippen LogP contribution in [-0.2, 0) is 4.79 Å². The predicted octanol–water partition coefficient (Wildman–Crippen LogP) is 2.69. The molecule has 142 valence electrons. The number of piperazine rings is 1. The molecule has 1 fully saturated rings. The third-order valence-electron chi connectivity index (χ3n) is 5.34. The number of nitrogens with zero attached hydrogens (tertiary/aromatic N) is 4. The predicted molar refractivity (Wildman–Crippen MR) is 106 cm³/mol. The quantitative estimate of drug-likeness (QED) is 0.728. The van der Waals surface area contributed by atoms with Crippen LogP contribution in [0.3, 0.4) is 0 Å². The van der Waals surface area contributed by atoms with E-state index in [0.717, 1.165) is 22.2 Å². The molecule has 0 aliphatic carbocycles. The van der Waals surface area contributed by atoms with Gasteiger partial charge < -0.3 is 15.0 Å². The number of carboxylic acids is 1. The molecule has 2 aromatic heterocycles. The first kappa shape index (κ1) is 18.0. The van der Waals surface area contributed by atoms with Crippen molar-refractivity contribution in [2.24, 2.45) is 0 Å². The number of carboxylic acid groups (broad SMARTS) is 1. The molecule has 4 rings (SSSR count). The Hall–Kier alpha value is -3.37. The van der Waals surface area contributed by atoms with E-state index in [1.807, 2.05) is 36.1 Å². The molecule has 1 aliphatic rings. The van der Waals surface area contributed by atoms with Gasteiger partial charge in [-0.2, -0.15) is 5.26 Å². The molecule has 0 spiro atoms. The zero-order chi connectivity index (χ0) is 19.7. The fourth-order valence-corrected chi connectivity index (χ4v) is 4.04. The number of H-pyrrole nitrogens is 1. The number of fused-ring (bicyclic) bond motifs is 1. The SMILES string of the molecule is Cc1[nH]c2ccccc2c1[C@@H](C(=O)O)N1CCN(c2ncccc2C#N)CC1. The molecule has 7 heteroatoms. The number of carbonyl (C=O) groups is 1. The molecular weight excluding hydrogens is 354 g/mol. The topological polar surface area (TPSA) is 96.2 Å². The first-order chi connectivity index (χ1) is 13.6. The maximum Gasteiger partial charge on any atom is 0.325 e. The highest BCUT2D eigenvalue weighted by atomic mass is 16.4.